The van der Waals surface area contributed by atoms with Crippen LogP contribution in [0.1, 0.15) is 15.9 Å². The van der Waals surface area contributed by atoms with Crippen LogP contribution in [0.25, 0.3) is 0 Å². The molecule has 7 nitrogen and oxygen atoms in total. The van der Waals surface area contributed by atoms with Crippen LogP contribution in [0.5, 0.6) is 5.75 Å². The number of hydrogen-bond acceptors (Lipinski definition) is 6. The molecular formula is C20H15NO6S. The zero-order valence-electron chi connectivity index (χ0n) is 14.5. The number of rotatable bonds is 6. The standard InChI is InChI=1S/C20H15NO6S/c22-20(27-18-12-10-17(11-13-18)21(23)24)16-8-6-15(7-9-16)14-28(25,26)19-4-2-1-3-5-19/h1-13H,14H2. The molecule has 0 saturated carbocycles. The fourth-order valence-corrected chi connectivity index (χ4v) is 3.84. The molecule has 28 heavy (non-hydrogen) atoms. The molecule has 0 radical (unpaired) electrons. The Bertz CT molecular complexity index is 1090. The van der Waals surface area contributed by atoms with E-state index in [1.807, 2.05) is 0 Å². The summed E-state index contributed by atoms with van der Waals surface area (Å²) in [4.78, 5) is 22.5. The van der Waals surface area contributed by atoms with E-state index in [1.165, 1.54) is 48.5 Å². The molecule has 0 atom stereocenters. The summed E-state index contributed by atoms with van der Waals surface area (Å²) in [6.45, 7) is 0. The molecule has 0 spiro atoms. The summed E-state index contributed by atoms with van der Waals surface area (Å²) < 4.78 is 30.0. The van der Waals surface area contributed by atoms with Gasteiger partial charge >= 0.3 is 5.97 Å². The Morgan fingerprint density at radius 1 is 0.893 bits per heavy atom. The Morgan fingerprint density at radius 3 is 2.07 bits per heavy atom. The van der Waals surface area contributed by atoms with Gasteiger partial charge in [-0.15, -0.1) is 0 Å². The van der Waals surface area contributed by atoms with E-state index in [1.54, 1.807) is 30.3 Å². The van der Waals surface area contributed by atoms with E-state index in [-0.39, 0.29) is 27.6 Å². The molecule has 0 unspecified atom stereocenters. The largest absolute Gasteiger partial charge is 0.423 e. The number of esters is 1. The number of nitrogens with zero attached hydrogens (tertiary/aromatic N) is 1. The number of carbonyl (C=O) groups excluding carboxylic acids is 1. The minimum Gasteiger partial charge on any atom is -0.423 e. The molecule has 0 aliphatic rings. The highest BCUT2D eigenvalue weighted by atomic mass is 32.2. The van der Waals surface area contributed by atoms with Gasteiger partial charge < -0.3 is 4.74 Å². The Morgan fingerprint density at radius 2 is 1.50 bits per heavy atom. The van der Waals surface area contributed by atoms with Crippen molar-refractivity contribution in [1.82, 2.24) is 0 Å². The lowest BCUT2D eigenvalue weighted by atomic mass is 10.1. The number of ether oxygens (including phenoxy) is 1. The Balaban J connectivity index is 1.68. The predicted molar refractivity (Wildman–Crippen MR) is 102 cm³/mol. The molecule has 0 N–H and O–H groups in total. The van der Waals surface area contributed by atoms with Crippen LogP contribution in [0.3, 0.4) is 0 Å². The van der Waals surface area contributed by atoms with Gasteiger partial charge in [0.05, 0.1) is 21.1 Å². The summed E-state index contributed by atoms with van der Waals surface area (Å²) in [5.41, 5.74) is 0.665. The summed E-state index contributed by atoms with van der Waals surface area (Å²) >= 11 is 0. The molecule has 3 rings (SSSR count). The molecule has 0 saturated heterocycles. The third-order valence-corrected chi connectivity index (χ3v) is 5.61. The van der Waals surface area contributed by atoms with Gasteiger partial charge in [-0.3, -0.25) is 10.1 Å². The average molecular weight is 397 g/mol. The van der Waals surface area contributed by atoms with Crippen LogP contribution < -0.4 is 4.74 Å². The van der Waals surface area contributed by atoms with Gasteiger partial charge in [0.15, 0.2) is 9.84 Å². The molecular weight excluding hydrogens is 382 g/mol. The van der Waals surface area contributed by atoms with Crippen molar-refractivity contribution in [3.05, 3.63) is 100 Å². The first-order valence-electron chi connectivity index (χ1n) is 8.18. The maximum absolute atomic E-state index is 12.4. The van der Waals surface area contributed by atoms with Crippen LogP contribution in [0, 0.1) is 10.1 Å². The van der Waals surface area contributed by atoms with Gasteiger partial charge in [-0.05, 0) is 42.0 Å². The van der Waals surface area contributed by atoms with Gasteiger partial charge in [0.1, 0.15) is 5.75 Å². The van der Waals surface area contributed by atoms with Crippen LogP contribution in [-0.2, 0) is 15.6 Å². The van der Waals surface area contributed by atoms with Crippen LogP contribution in [0.2, 0.25) is 0 Å². The number of benzene rings is 3. The second-order valence-corrected chi connectivity index (χ2v) is 7.90. The SMILES string of the molecule is O=C(Oc1ccc([N+](=O)[O-])cc1)c1ccc(CS(=O)(=O)c2ccccc2)cc1. The molecule has 3 aromatic rings. The van der Waals surface area contributed by atoms with Crippen LogP contribution in [0.4, 0.5) is 5.69 Å². The summed E-state index contributed by atoms with van der Waals surface area (Å²) in [5, 5.41) is 10.6. The van der Waals surface area contributed by atoms with E-state index in [2.05, 4.69) is 0 Å². The lowest BCUT2D eigenvalue weighted by molar-refractivity contribution is -0.384. The smallest absolute Gasteiger partial charge is 0.343 e. The zero-order valence-corrected chi connectivity index (χ0v) is 15.3. The molecule has 142 valence electrons. The van der Waals surface area contributed by atoms with Crippen molar-refractivity contribution >= 4 is 21.5 Å². The van der Waals surface area contributed by atoms with E-state index in [0.29, 0.717) is 5.56 Å². The van der Waals surface area contributed by atoms with Crippen molar-refractivity contribution in [3.8, 4) is 5.75 Å². The van der Waals surface area contributed by atoms with Crippen molar-refractivity contribution in [3.63, 3.8) is 0 Å². The third-order valence-electron chi connectivity index (χ3n) is 3.91. The van der Waals surface area contributed by atoms with E-state index in [4.69, 9.17) is 4.74 Å². The van der Waals surface area contributed by atoms with Crippen molar-refractivity contribution in [1.29, 1.82) is 0 Å². The van der Waals surface area contributed by atoms with E-state index < -0.39 is 20.7 Å². The Labute approximate surface area is 161 Å². The quantitative estimate of drug-likeness (QED) is 0.271. The van der Waals surface area contributed by atoms with E-state index in [9.17, 15) is 23.3 Å². The second-order valence-electron chi connectivity index (χ2n) is 5.91. The maximum atomic E-state index is 12.4. The number of sulfone groups is 1. The monoisotopic (exact) mass is 397 g/mol. The highest BCUT2D eigenvalue weighted by Crippen LogP contribution is 2.20. The van der Waals surface area contributed by atoms with Crippen LogP contribution >= 0.6 is 0 Å². The number of nitro benzene ring substituents is 1. The topological polar surface area (TPSA) is 104 Å². The first-order valence-corrected chi connectivity index (χ1v) is 9.84. The Hall–Kier alpha value is -3.52. The molecule has 0 heterocycles. The first-order chi connectivity index (χ1) is 13.3. The van der Waals surface area contributed by atoms with Crippen molar-refractivity contribution < 1.29 is 22.9 Å². The molecule has 0 amide bonds. The predicted octanol–water partition coefficient (Wildman–Crippen LogP) is 3.79. The molecule has 8 heteroatoms. The molecule has 0 aliphatic heterocycles. The van der Waals surface area contributed by atoms with Crippen molar-refractivity contribution in [2.24, 2.45) is 0 Å². The molecule has 0 fully saturated rings. The van der Waals surface area contributed by atoms with E-state index >= 15 is 0 Å². The average Bonchev–Trinajstić information content (AvgIpc) is 2.69. The lowest BCUT2D eigenvalue weighted by Gasteiger charge is -2.07. The summed E-state index contributed by atoms with van der Waals surface area (Å²) in [6, 6.07) is 19.3. The van der Waals surface area contributed by atoms with Gasteiger partial charge in [-0.25, -0.2) is 13.2 Å². The van der Waals surface area contributed by atoms with Gasteiger partial charge in [-0.2, -0.15) is 0 Å². The number of nitro groups is 1. The van der Waals surface area contributed by atoms with Crippen LogP contribution in [0.15, 0.2) is 83.8 Å². The van der Waals surface area contributed by atoms with Gasteiger partial charge in [0.2, 0.25) is 0 Å². The van der Waals surface area contributed by atoms with E-state index in [0.717, 1.165) is 0 Å². The fourth-order valence-electron chi connectivity index (χ4n) is 2.47. The first kappa shape index (κ1) is 19.2. The Kier molecular flexibility index (Phi) is 5.51. The number of non-ortho nitro benzene ring substituents is 1. The van der Waals surface area contributed by atoms with Crippen LogP contribution in [-0.4, -0.2) is 19.3 Å². The normalized spacial score (nSPS) is 11.0. The minimum absolute atomic E-state index is 0.108. The highest BCUT2D eigenvalue weighted by molar-refractivity contribution is 7.90. The molecule has 3 aromatic carbocycles. The fraction of sp³-hybridized carbons (Fsp3) is 0.0500. The highest BCUT2D eigenvalue weighted by Gasteiger charge is 2.16. The minimum atomic E-state index is -3.48. The van der Waals surface area contributed by atoms with Gasteiger partial charge in [0.25, 0.3) is 5.69 Å². The number of carbonyl (C=O) groups is 1. The summed E-state index contributed by atoms with van der Waals surface area (Å²) in [5.74, 6) is -0.660. The number of hydrogen-bond donors (Lipinski definition) is 0. The third kappa shape index (κ3) is 4.60. The lowest BCUT2D eigenvalue weighted by Crippen LogP contribution is -2.09. The van der Waals surface area contributed by atoms with Gasteiger partial charge in [0, 0.05) is 12.1 Å². The second kappa shape index (κ2) is 8.01. The zero-order chi connectivity index (χ0) is 20.1. The van der Waals surface area contributed by atoms with Crippen molar-refractivity contribution in [2.75, 3.05) is 0 Å². The molecule has 0 aromatic heterocycles. The van der Waals surface area contributed by atoms with Gasteiger partial charge in [-0.1, -0.05) is 30.3 Å². The molecule has 0 bridgehead atoms. The summed E-state index contributed by atoms with van der Waals surface area (Å²) in [6.07, 6.45) is 0. The maximum Gasteiger partial charge on any atom is 0.343 e. The van der Waals surface area contributed by atoms with Crippen molar-refractivity contribution in [2.45, 2.75) is 10.6 Å². The summed E-state index contributed by atoms with van der Waals surface area (Å²) in [7, 11) is -3.48. The molecule has 0 aliphatic carbocycles.